The molecule has 2 aromatic carbocycles. The molecule has 0 bridgehead atoms. The van der Waals surface area contributed by atoms with Crippen LogP contribution < -0.4 is 14.8 Å². The highest BCUT2D eigenvalue weighted by Crippen LogP contribution is 2.32. The maximum absolute atomic E-state index is 13.0. The number of Topliss-reactive ketones (excluding diaryl/α,β-unsaturated/α-hetero) is 2. The predicted octanol–water partition coefficient (Wildman–Crippen LogP) is 3.84. The Balaban J connectivity index is 1.93. The van der Waals surface area contributed by atoms with Crippen LogP contribution in [0.25, 0.3) is 11.0 Å². The molecule has 8 heteroatoms. The van der Waals surface area contributed by atoms with Gasteiger partial charge in [-0.15, -0.1) is 0 Å². The standard InChI is InChI=1S/C27H32N3O5/c1-14(2)19-9-8-10-20(15(3)4)25(19)28-27(33)24(32)13-23(31)26-18(7)29(34)21-11-16(5)17(6)12-22(21)30(26)35/h8-12,14-15H,13H2,1-7H3,(H2-,28,31,32,33,34,35)/q+1/p+1. The van der Waals surface area contributed by atoms with Gasteiger partial charge >= 0.3 is 22.4 Å². The van der Waals surface area contributed by atoms with Gasteiger partial charge in [0.2, 0.25) is 11.6 Å². The second-order valence-electron chi connectivity index (χ2n) is 9.58. The lowest BCUT2D eigenvalue weighted by atomic mass is 9.92. The van der Waals surface area contributed by atoms with Crippen molar-refractivity contribution >= 4 is 34.2 Å². The van der Waals surface area contributed by atoms with E-state index >= 15 is 0 Å². The first-order chi connectivity index (χ1) is 16.3. The van der Waals surface area contributed by atoms with Gasteiger partial charge in [0.1, 0.15) is 0 Å². The number of para-hydroxylation sites is 1. The Labute approximate surface area is 204 Å². The normalized spacial score (nSPS) is 11.3. The predicted molar refractivity (Wildman–Crippen MR) is 130 cm³/mol. The molecule has 3 N–H and O–H groups in total. The summed E-state index contributed by atoms with van der Waals surface area (Å²) in [4.78, 5) is 38.6. The highest BCUT2D eigenvalue weighted by Gasteiger charge is 2.38. The molecule has 3 aromatic rings. The van der Waals surface area contributed by atoms with Crippen molar-refractivity contribution < 1.29 is 34.3 Å². The fourth-order valence-electron chi connectivity index (χ4n) is 4.19. The van der Waals surface area contributed by atoms with E-state index in [9.17, 15) is 24.8 Å². The number of carbonyl (C=O) groups excluding carboxylic acids is 3. The van der Waals surface area contributed by atoms with Crippen molar-refractivity contribution in [3.05, 3.63) is 64.0 Å². The summed E-state index contributed by atoms with van der Waals surface area (Å²) in [6, 6.07) is 9.05. The molecular formula is C27H33N3O5+2. The zero-order valence-corrected chi connectivity index (χ0v) is 21.3. The molecule has 0 spiro atoms. The number of carbonyl (C=O) groups is 3. The van der Waals surface area contributed by atoms with Gasteiger partial charge in [0.05, 0.1) is 6.42 Å². The summed E-state index contributed by atoms with van der Waals surface area (Å²) in [5.41, 5.74) is 4.42. The molecule has 0 aliphatic carbocycles. The van der Waals surface area contributed by atoms with E-state index < -0.39 is 23.9 Å². The van der Waals surface area contributed by atoms with Crippen LogP contribution in [-0.2, 0) is 9.59 Å². The number of nitrogens with zero attached hydrogens (tertiary/aromatic N) is 2. The smallest absolute Gasteiger partial charge is 0.319 e. The average molecular weight is 480 g/mol. The molecular weight excluding hydrogens is 446 g/mol. The number of hydrogen-bond acceptors (Lipinski definition) is 5. The molecule has 1 aromatic heterocycles. The summed E-state index contributed by atoms with van der Waals surface area (Å²) >= 11 is 0. The van der Waals surface area contributed by atoms with Crippen molar-refractivity contribution in [1.29, 1.82) is 0 Å². The molecule has 3 rings (SSSR count). The van der Waals surface area contributed by atoms with E-state index in [0.717, 1.165) is 27.0 Å². The van der Waals surface area contributed by atoms with Gasteiger partial charge in [0.25, 0.3) is 5.91 Å². The number of aryl methyl sites for hydroxylation is 2. The second-order valence-corrected chi connectivity index (χ2v) is 9.58. The van der Waals surface area contributed by atoms with Crippen LogP contribution in [0.5, 0.6) is 0 Å². The van der Waals surface area contributed by atoms with Gasteiger partial charge < -0.3 is 5.32 Å². The molecule has 0 aliphatic heterocycles. The number of benzene rings is 2. The lowest BCUT2D eigenvalue weighted by Crippen LogP contribution is -2.49. The zero-order chi connectivity index (χ0) is 26.2. The molecule has 0 fully saturated rings. The van der Waals surface area contributed by atoms with Crippen molar-refractivity contribution in [2.24, 2.45) is 0 Å². The summed E-state index contributed by atoms with van der Waals surface area (Å²) in [5, 5.41) is 24.1. The topological polar surface area (TPSA) is 111 Å². The Morgan fingerprint density at radius 3 is 1.83 bits per heavy atom. The highest BCUT2D eigenvalue weighted by molar-refractivity contribution is 6.44. The fourth-order valence-corrected chi connectivity index (χ4v) is 4.19. The number of amides is 1. The number of rotatable bonds is 7. The van der Waals surface area contributed by atoms with Gasteiger partial charge in [-0.25, -0.2) is 0 Å². The highest BCUT2D eigenvalue weighted by atomic mass is 16.5. The molecule has 0 radical (unpaired) electrons. The first kappa shape index (κ1) is 25.8. The lowest BCUT2D eigenvalue weighted by molar-refractivity contribution is -0.924. The minimum absolute atomic E-state index is 0.0497. The molecule has 8 nitrogen and oxygen atoms in total. The number of ketones is 2. The van der Waals surface area contributed by atoms with Crippen LogP contribution >= 0.6 is 0 Å². The number of anilines is 1. The van der Waals surface area contributed by atoms with Gasteiger partial charge in [-0.1, -0.05) is 45.9 Å². The van der Waals surface area contributed by atoms with Crippen LogP contribution in [-0.4, -0.2) is 27.9 Å². The van der Waals surface area contributed by atoms with Crippen LogP contribution in [0, 0.1) is 20.8 Å². The third-order valence-electron chi connectivity index (χ3n) is 6.37. The van der Waals surface area contributed by atoms with Crippen LogP contribution in [0.15, 0.2) is 30.3 Å². The largest absolute Gasteiger partial charge is 0.371 e. The van der Waals surface area contributed by atoms with Gasteiger partial charge in [-0.3, -0.25) is 24.8 Å². The number of hydrogen-bond donors (Lipinski definition) is 3. The summed E-state index contributed by atoms with van der Waals surface area (Å²) in [6.45, 7) is 13.1. The molecule has 0 unspecified atom stereocenters. The zero-order valence-electron chi connectivity index (χ0n) is 21.3. The van der Waals surface area contributed by atoms with Crippen LogP contribution in [0.3, 0.4) is 0 Å². The first-order valence-corrected chi connectivity index (χ1v) is 11.6. The van der Waals surface area contributed by atoms with E-state index in [1.807, 2.05) is 59.7 Å². The van der Waals surface area contributed by atoms with E-state index in [2.05, 4.69) is 5.32 Å². The van der Waals surface area contributed by atoms with Crippen molar-refractivity contribution in [2.75, 3.05) is 5.32 Å². The summed E-state index contributed by atoms with van der Waals surface area (Å²) in [7, 11) is 0. The van der Waals surface area contributed by atoms with Crippen LogP contribution in [0.1, 0.15) is 84.4 Å². The molecule has 0 saturated carbocycles. The Hall–Kier alpha value is -3.81. The van der Waals surface area contributed by atoms with Crippen molar-refractivity contribution in [2.45, 2.75) is 66.7 Å². The van der Waals surface area contributed by atoms with E-state index in [1.54, 1.807) is 12.1 Å². The number of nitrogens with one attached hydrogen (secondary N) is 1. The van der Waals surface area contributed by atoms with Crippen molar-refractivity contribution in [1.82, 2.24) is 0 Å². The molecule has 184 valence electrons. The molecule has 35 heavy (non-hydrogen) atoms. The maximum atomic E-state index is 13.0. The number of fused-ring (bicyclic) bond motifs is 1. The summed E-state index contributed by atoms with van der Waals surface area (Å²) in [6.07, 6.45) is -0.759. The Morgan fingerprint density at radius 1 is 0.857 bits per heavy atom. The molecule has 1 heterocycles. The van der Waals surface area contributed by atoms with E-state index in [1.165, 1.54) is 6.92 Å². The number of aromatic nitrogens is 2. The first-order valence-electron chi connectivity index (χ1n) is 11.6. The van der Waals surface area contributed by atoms with Crippen molar-refractivity contribution in [3.8, 4) is 0 Å². The van der Waals surface area contributed by atoms with Gasteiger partial charge in [0.15, 0.2) is 0 Å². The van der Waals surface area contributed by atoms with Gasteiger partial charge in [0, 0.05) is 34.2 Å². The van der Waals surface area contributed by atoms with Crippen LogP contribution in [0.4, 0.5) is 5.69 Å². The molecule has 0 aliphatic rings. The van der Waals surface area contributed by atoms with Gasteiger partial charge in [-0.2, -0.15) is 0 Å². The lowest BCUT2D eigenvalue weighted by Gasteiger charge is -2.19. The Kier molecular flexibility index (Phi) is 7.24. The SMILES string of the molecule is Cc1cc2c(cc1C)[n+](O)c(C(=O)CC(=O)C(=O)Nc1c(C(C)C)cccc1C(C)C)c(C)[n+]2O. The quantitative estimate of drug-likeness (QED) is 0.157. The Morgan fingerprint density at radius 2 is 1.34 bits per heavy atom. The molecule has 0 atom stereocenters. The Bertz CT molecular complexity index is 1330. The van der Waals surface area contributed by atoms with Crippen molar-refractivity contribution in [3.63, 3.8) is 0 Å². The minimum Gasteiger partial charge on any atom is -0.319 e. The van der Waals surface area contributed by atoms with E-state index in [-0.39, 0.29) is 28.7 Å². The van der Waals surface area contributed by atoms with E-state index in [4.69, 9.17) is 0 Å². The third kappa shape index (κ3) is 4.87. The summed E-state index contributed by atoms with van der Waals surface area (Å²) < 4.78 is 1.47. The maximum Gasteiger partial charge on any atom is 0.371 e. The minimum atomic E-state index is -0.938. The average Bonchev–Trinajstić information content (AvgIpc) is 2.78. The second kappa shape index (κ2) is 9.82. The molecule has 0 saturated heterocycles. The third-order valence-corrected chi connectivity index (χ3v) is 6.37. The fraction of sp³-hybridized carbons (Fsp3) is 0.370. The van der Waals surface area contributed by atoms with Crippen LogP contribution in [0.2, 0.25) is 0 Å². The monoisotopic (exact) mass is 479 g/mol. The summed E-state index contributed by atoms with van der Waals surface area (Å²) in [5.74, 6) is -2.40. The van der Waals surface area contributed by atoms with Gasteiger partial charge in [-0.05, 0) is 47.9 Å². The molecule has 1 amide bonds. The van der Waals surface area contributed by atoms with E-state index in [0.29, 0.717) is 15.9 Å².